The van der Waals surface area contributed by atoms with E-state index in [0.717, 1.165) is 53.2 Å². The second-order valence-corrected chi connectivity index (χ2v) is 15.6. The van der Waals surface area contributed by atoms with Crippen LogP contribution in [0.5, 0.6) is 28.7 Å². The number of hydrogen-bond donors (Lipinski definition) is 2. The summed E-state index contributed by atoms with van der Waals surface area (Å²) in [5, 5.41) is 24.3. The Kier molecular flexibility index (Phi) is 12.6. The average molecular weight is 785 g/mol. The maximum Gasteiger partial charge on any atom is 0.254 e. The molecule has 7 rings (SSSR count). The predicted molar refractivity (Wildman–Crippen MR) is 215 cm³/mol. The molecule has 2 aliphatic carbocycles. The number of likely N-dealkylation sites (N-methyl/N-ethyl adjacent to an activating group) is 1. The zero-order valence-electron chi connectivity index (χ0n) is 32.4. The zero-order valence-corrected chi connectivity index (χ0v) is 33.2. The van der Waals surface area contributed by atoms with E-state index in [2.05, 4.69) is 23.9 Å². The summed E-state index contributed by atoms with van der Waals surface area (Å²) >= 11 is 1.68. The van der Waals surface area contributed by atoms with Crippen molar-refractivity contribution >= 4 is 23.4 Å². The normalized spacial score (nSPS) is 25.1. The summed E-state index contributed by atoms with van der Waals surface area (Å²) in [6.45, 7) is 4.51. The molecule has 56 heavy (non-hydrogen) atoms. The van der Waals surface area contributed by atoms with E-state index < -0.39 is 17.7 Å². The third-order valence-electron chi connectivity index (χ3n) is 11.5. The quantitative estimate of drug-likeness (QED) is 0.0602. The van der Waals surface area contributed by atoms with Gasteiger partial charge in [-0.3, -0.25) is 4.79 Å². The Bertz CT molecular complexity index is 1930. The van der Waals surface area contributed by atoms with E-state index in [-0.39, 0.29) is 50.3 Å². The number of unbranched alkanes of at least 4 members (excludes halogenated alkanes) is 2. The summed E-state index contributed by atoms with van der Waals surface area (Å²) in [7, 11) is 3.32. The minimum absolute atomic E-state index is 0.0943. The van der Waals surface area contributed by atoms with Gasteiger partial charge in [0.05, 0.1) is 18.2 Å². The molecular weight excluding hydrogens is 733 g/mol. The number of aliphatic hydroxyl groups excluding tert-OH is 2. The number of allylic oxidation sites excluding steroid dienone is 1. The molecule has 0 radical (unpaired) electrons. The summed E-state index contributed by atoms with van der Waals surface area (Å²) in [5.41, 5.74) is 3.12. The Balaban J connectivity index is 1.39. The molecule has 298 valence electrons. The van der Waals surface area contributed by atoms with Crippen LogP contribution in [0.1, 0.15) is 66.8 Å². The number of oxime groups is 1. The Hall–Kier alpha value is -4.49. The van der Waals surface area contributed by atoms with Crippen LogP contribution in [-0.2, 0) is 9.57 Å². The van der Waals surface area contributed by atoms with Gasteiger partial charge in [-0.15, -0.1) is 18.3 Å². The van der Waals surface area contributed by atoms with Crippen LogP contribution in [0, 0.1) is 17.8 Å². The van der Waals surface area contributed by atoms with Crippen molar-refractivity contribution in [2.24, 2.45) is 22.9 Å². The minimum Gasteiger partial charge on any atom is -0.459 e. The van der Waals surface area contributed by atoms with Crippen LogP contribution in [0.2, 0.25) is 0 Å². The standard InChI is InChI=1S/C44H52N2O9S/c1-5-22-53-44-40(46(2)43(49)29-12-18-38-39(24-29)52-27-51-38)26-36(45-50-3)34-23-28(10-6-8-20-47)33(11-7-9-21-48)41(42(34)44)35-25-31(15-19-37(35)55-44)54-30-13-16-32(56-4)17-14-30/h5,12-19,23-25,28,33,40-42,47-48H,1,6-11,20-22,26-27H2,2-4H3. The summed E-state index contributed by atoms with van der Waals surface area (Å²) in [6, 6.07) is 18.5. The highest BCUT2D eigenvalue weighted by Crippen LogP contribution is 2.62. The number of ether oxygens (including phenoxy) is 5. The first kappa shape index (κ1) is 39.7. The molecule has 11 nitrogen and oxygen atoms in total. The summed E-state index contributed by atoms with van der Waals surface area (Å²) in [5.74, 6) is 1.21. The number of carbonyl (C=O) groups excluding carboxylic acids is 1. The maximum atomic E-state index is 14.5. The molecule has 0 aromatic heterocycles. The predicted octanol–water partition coefficient (Wildman–Crippen LogP) is 7.97. The molecule has 1 amide bonds. The Morgan fingerprint density at radius 1 is 0.982 bits per heavy atom. The summed E-state index contributed by atoms with van der Waals surface area (Å²) in [6.07, 6.45) is 11.1. The molecule has 1 saturated carbocycles. The van der Waals surface area contributed by atoms with Gasteiger partial charge in [0.1, 0.15) is 30.4 Å². The van der Waals surface area contributed by atoms with E-state index in [1.54, 1.807) is 55.1 Å². The molecule has 3 aromatic carbocycles. The number of nitrogens with zero attached hydrogens (tertiary/aromatic N) is 2. The highest BCUT2D eigenvalue weighted by atomic mass is 32.2. The van der Waals surface area contributed by atoms with Crippen LogP contribution >= 0.6 is 11.8 Å². The number of hydrogen-bond acceptors (Lipinski definition) is 11. The van der Waals surface area contributed by atoms with Gasteiger partial charge < -0.3 is 43.6 Å². The van der Waals surface area contributed by atoms with Gasteiger partial charge in [-0.2, -0.15) is 0 Å². The third-order valence-corrected chi connectivity index (χ3v) is 12.3. The SMILES string of the molecule is C=CCOC12Oc3ccc(Oc4ccc(SC)cc4)cc3C3C(CCCCO)C(CCCCO)C=C(C(=NOC)CC1N(C)C(=O)c1ccc4c(c1)OCO4)C32. The number of carbonyl (C=O) groups is 1. The molecule has 6 unspecified atom stereocenters. The van der Waals surface area contributed by atoms with E-state index in [1.807, 2.05) is 42.7 Å². The smallest absolute Gasteiger partial charge is 0.254 e. The first-order chi connectivity index (χ1) is 27.3. The van der Waals surface area contributed by atoms with Crippen LogP contribution < -0.4 is 18.9 Å². The van der Waals surface area contributed by atoms with Gasteiger partial charge >= 0.3 is 0 Å². The average Bonchev–Trinajstić information content (AvgIpc) is 3.70. The number of rotatable bonds is 17. The molecule has 0 spiro atoms. The van der Waals surface area contributed by atoms with Gasteiger partial charge in [-0.1, -0.05) is 30.1 Å². The third kappa shape index (κ3) is 7.76. The van der Waals surface area contributed by atoms with Crippen LogP contribution in [-0.4, -0.2) is 85.6 Å². The number of amides is 1. The molecular formula is C44H52N2O9S. The van der Waals surface area contributed by atoms with E-state index in [1.165, 1.54) is 0 Å². The van der Waals surface area contributed by atoms with Crippen LogP contribution in [0.25, 0.3) is 0 Å². The van der Waals surface area contributed by atoms with Crippen LogP contribution in [0.15, 0.2) is 95.0 Å². The summed E-state index contributed by atoms with van der Waals surface area (Å²) < 4.78 is 31.9. The van der Waals surface area contributed by atoms with Crippen molar-refractivity contribution in [3.05, 3.63) is 96.1 Å². The number of aliphatic hydroxyl groups is 2. The molecule has 1 fully saturated rings. The van der Waals surface area contributed by atoms with E-state index in [9.17, 15) is 15.0 Å². The fourth-order valence-electron chi connectivity index (χ4n) is 9.06. The van der Waals surface area contributed by atoms with Gasteiger partial charge in [0.25, 0.3) is 5.91 Å². The molecule has 2 N–H and O–H groups in total. The van der Waals surface area contributed by atoms with E-state index in [0.29, 0.717) is 47.8 Å². The highest BCUT2D eigenvalue weighted by Gasteiger charge is 2.65. The lowest BCUT2D eigenvalue weighted by Gasteiger charge is -2.59. The largest absolute Gasteiger partial charge is 0.459 e. The van der Waals surface area contributed by atoms with Gasteiger partial charge in [0.15, 0.2) is 11.5 Å². The Morgan fingerprint density at radius 3 is 2.45 bits per heavy atom. The van der Waals surface area contributed by atoms with Crippen LogP contribution in [0.3, 0.4) is 0 Å². The first-order valence-electron chi connectivity index (χ1n) is 19.5. The highest BCUT2D eigenvalue weighted by molar-refractivity contribution is 7.98. The zero-order chi connectivity index (χ0) is 39.2. The topological polar surface area (TPSA) is 129 Å². The lowest BCUT2D eigenvalue weighted by Crippen LogP contribution is -2.69. The van der Waals surface area contributed by atoms with Crippen molar-refractivity contribution in [3.8, 4) is 28.7 Å². The van der Waals surface area contributed by atoms with E-state index >= 15 is 0 Å². The second kappa shape index (κ2) is 17.8. The summed E-state index contributed by atoms with van der Waals surface area (Å²) in [4.78, 5) is 22.9. The fraction of sp³-hybridized carbons (Fsp3) is 0.455. The van der Waals surface area contributed by atoms with Gasteiger partial charge in [-0.25, -0.2) is 0 Å². The van der Waals surface area contributed by atoms with Crippen molar-refractivity contribution in [3.63, 3.8) is 0 Å². The lowest BCUT2D eigenvalue weighted by molar-refractivity contribution is -0.252. The Morgan fingerprint density at radius 2 is 1.71 bits per heavy atom. The number of benzene rings is 3. The molecule has 0 saturated heterocycles. The molecule has 2 aliphatic heterocycles. The lowest BCUT2D eigenvalue weighted by atomic mass is 9.55. The second-order valence-electron chi connectivity index (χ2n) is 14.7. The molecule has 2 heterocycles. The molecule has 4 aliphatic rings. The van der Waals surface area contributed by atoms with Gasteiger partial charge in [0.2, 0.25) is 12.6 Å². The fourth-order valence-corrected chi connectivity index (χ4v) is 9.46. The molecule has 12 heteroatoms. The van der Waals surface area contributed by atoms with Crippen molar-refractivity contribution in [2.75, 3.05) is 47.0 Å². The van der Waals surface area contributed by atoms with Crippen molar-refractivity contribution in [1.82, 2.24) is 4.90 Å². The molecule has 0 bridgehead atoms. The van der Waals surface area contributed by atoms with Crippen molar-refractivity contribution in [2.45, 2.75) is 67.6 Å². The van der Waals surface area contributed by atoms with Gasteiger partial charge in [-0.05, 0) is 110 Å². The molecule has 3 aromatic rings. The number of thioether (sulfide) groups is 1. The van der Waals surface area contributed by atoms with Crippen LogP contribution in [0.4, 0.5) is 0 Å². The molecule has 6 atom stereocenters. The minimum atomic E-state index is -1.35. The van der Waals surface area contributed by atoms with Crippen molar-refractivity contribution < 1.29 is 43.5 Å². The van der Waals surface area contributed by atoms with E-state index in [4.69, 9.17) is 28.5 Å². The number of fused-ring (bicyclic) bond motifs is 3. The maximum absolute atomic E-state index is 14.5. The van der Waals surface area contributed by atoms with Crippen molar-refractivity contribution in [1.29, 1.82) is 0 Å². The monoisotopic (exact) mass is 784 g/mol. The Labute approximate surface area is 333 Å². The van der Waals surface area contributed by atoms with Gasteiger partial charge in [0, 0.05) is 48.6 Å². The first-order valence-corrected chi connectivity index (χ1v) is 20.7.